The van der Waals surface area contributed by atoms with Crippen LogP contribution in [-0.2, 0) is 13.1 Å². The molecule has 3 nitrogen and oxygen atoms in total. The van der Waals surface area contributed by atoms with Gasteiger partial charge < -0.3 is 5.11 Å². The fraction of sp³-hybridized carbons (Fsp3) is 0.400. The Morgan fingerprint density at radius 3 is 2.52 bits per heavy atom. The summed E-state index contributed by atoms with van der Waals surface area (Å²) < 4.78 is 27.3. The molecule has 0 radical (unpaired) electrons. The molecule has 1 N–H and O–H groups in total. The Morgan fingerprint density at radius 1 is 0.960 bits per heavy atom. The normalized spacial score (nSPS) is 19.2. The van der Waals surface area contributed by atoms with Crippen molar-refractivity contribution < 1.29 is 13.9 Å². The molecule has 25 heavy (non-hydrogen) atoms. The molecule has 0 spiro atoms. The summed E-state index contributed by atoms with van der Waals surface area (Å²) in [5.41, 5.74) is 1.63. The predicted octanol–water partition coefficient (Wildman–Crippen LogP) is 3.03. The molecular formula is C20H24F2N2O. The van der Waals surface area contributed by atoms with Gasteiger partial charge in [-0.15, -0.1) is 0 Å². The number of nitrogens with zero attached hydrogens (tertiary/aromatic N) is 2. The molecule has 2 aromatic carbocycles. The summed E-state index contributed by atoms with van der Waals surface area (Å²) in [6, 6.07) is 14.8. The Morgan fingerprint density at radius 2 is 1.76 bits per heavy atom. The van der Waals surface area contributed by atoms with Gasteiger partial charge in [-0.25, -0.2) is 8.78 Å². The third-order valence-electron chi connectivity index (χ3n) is 4.81. The van der Waals surface area contributed by atoms with Gasteiger partial charge in [-0.2, -0.15) is 0 Å². The van der Waals surface area contributed by atoms with Crippen molar-refractivity contribution in [2.45, 2.75) is 25.6 Å². The van der Waals surface area contributed by atoms with E-state index in [4.69, 9.17) is 0 Å². The predicted molar refractivity (Wildman–Crippen MR) is 94.0 cm³/mol. The first-order valence-corrected chi connectivity index (χ1v) is 8.71. The van der Waals surface area contributed by atoms with Gasteiger partial charge in [0, 0.05) is 50.9 Å². The molecule has 1 aliphatic heterocycles. The van der Waals surface area contributed by atoms with Gasteiger partial charge in [0.2, 0.25) is 0 Å². The second-order valence-electron chi connectivity index (χ2n) is 6.57. The molecule has 1 aliphatic rings. The van der Waals surface area contributed by atoms with Crippen molar-refractivity contribution in [3.8, 4) is 0 Å². The lowest BCUT2D eigenvalue weighted by atomic mass is 10.1. The molecule has 134 valence electrons. The summed E-state index contributed by atoms with van der Waals surface area (Å²) >= 11 is 0. The van der Waals surface area contributed by atoms with Crippen molar-refractivity contribution in [2.75, 3.05) is 26.2 Å². The summed E-state index contributed by atoms with van der Waals surface area (Å²) in [6.45, 7) is 3.74. The number of hydrogen-bond acceptors (Lipinski definition) is 3. The zero-order valence-electron chi connectivity index (χ0n) is 14.2. The highest BCUT2D eigenvalue weighted by molar-refractivity contribution is 5.19. The Kier molecular flexibility index (Phi) is 6.13. The molecule has 5 heteroatoms. The van der Waals surface area contributed by atoms with E-state index >= 15 is 0 Å². The largest absolute Gasteiger partial charge is 0.396 e. The minimum atomic E-state index is -0.799. The highest BCUT2D eigenvalue weighted by Crippen LogP contribution is 2.20. The lowest BCUT2D eigenvalue weighted by Crippen LogP contribution is -2.52. The Hall–Kier alpha value is -1.82. The lowest BCUT2D eigenvalue weighted by Gasteiger charge is -2.41. The van der Waals surface area contributed by atoms with Gasteiger partial charge in [0.05, 0.1) is 0 Å². The first kappa shape index (κ1) is 18.0. The lowest BCUT2D eigenvalue weighted by molar-refractivity contribution is 0.0494. The molecule has 0 amide bonds. The maximum absolute atomic E-state index is 13.9. The molecule has 1 fully saturated rings. The molecular weight excluding hydrogens is 322 g/mol. The summed E-state index contributed by atoms with van der Waals surface area (Å²) in [5, 5.41) is 9.40. The van der Waals surface area contributed by atoms with Crippen LogP contribution in [0.5, 0.6) is 0 Å². The van der Waals surface area contributed by atoms with E-state index in [1.165, 1.54) is 5.56 Å². The Bertz CT molecular complexity index is 681. The number of hydrogen-bond donors (Lipinski definition) is 1. The van der Waals surface area contributed by atoms with Crippen LogP contribution in [0.4, 0.5) is 8.78 Å². The van der Waals surface area contributed by atoms with E-state index < -0.39 is 11.6 Å². The molecule has 1 saturated heterocycles. The number of aliphatic hydroxyl groups is 1. The van der Waals surface area contributed by atoms with Crippen molar-refractivity contribution in [3.63, 3.8) is 0 Å². The summed E-state index contributed by atoms with van der Waals surface area (Å²) in [5.74, 6) is -1.56. The first-order valence-electron chi connectivity index (χ1n) is 8.71. The van der Waals surface area contributed by atoms with Crippen LogP contribution in [0.1, 0.15) is 17.5 Å². The zero-order chi connectivity index (χ0) is 17.6. The molecule has 1 atom stereocenters. The minimum absolute atomic E-state index is 0.123. The number of halogens is 2. The summed E-state index contributed by atoms with van der Waals surface area (Å²) in [7, 11) is 0. The van der Waals surface area contributed by atoms with Crippen LogP contribution in [0.3, 0.4) is 0 Å². The highest BCUT2D eigenvalue weighted by atomic mass is 19.2. The van der Waals surface area contributed by atoms with Crippen molar-refractivity contribution in [1.82, 2.24) is 9.80 Å². The third-order valence-corrected chi connectivity index (χ3v) is 4.81. The van der Waals surface area contributed by atoms with E-state index in [2.05, 4.69) is 21.9 Å². The van der Waals surface area contributed by atoms with Crippen LogP contribution in [0.2, 0.25) is 0 Å². The van der Waals surface area contributed by atoms with Crippen LogP contribution in [0, 0.1) is 11.6 Å². The summed E-state index contributed by atoms with van der Waals surface area (Å²) in [4.78, 5) is 4.50. The van der Waals surface area contributed by atoms with Gasteiger partial charge >= 0.3 is 0 Å². The van der Waals surface area contributed by atoms with E-state index in [0.717, 1.165) is 32.2 Å². The van der Waals surface area contributed by atoms with E-state index in [0.29, 0.717) is 18.5 Å². The second-order valence-corrected chi connectivity index (χ2v) is 6.57. The molecule has 0 aromatic heterocycles. The van der Waals surface area contributed by atoms with Crippen molar-refractivity contribution >= 4 is 0 Å². The first-order chi connectivity index (χ1) is 12.2. The molecule has 0 aliphatic carbocycles. The van der Waals surface area contributed by atoms with E-state index in [1.54, 1.807) is 12.1 Å². The molecule has 2 aromatic rings. The van der Waals surface area contributed by atoms with Gasteiger partial charge in [0.1, 0.15) is 0 Å². The number of aliphatic hydroxyl groups excluding tert-OH is 1. The van der Waals surface area contributed by atoms with Crippen molar-refractivity contribution in [1.29, 1.82) is 0 Å². The van der Waals surface area contributed by atoms with Crippen LogP contribution in [-0.4, -0.2) is 47.2 Å². The monoisotopic (exact) mass is 346 g/mol. The quantitative estimate of drug-likeness (QED) is 0.871. The highest BCUT2D eigenvalue weighted by Gasteiger charge is 2.27. The molecule has 3 rings (SSSR count). The standard InChI is InChI=1S/C20H24F2N2O/c21-19-8-4-7-17(20(19)22)14-23-10-11-24(18(15-23)9-12-25)13-16-5-2-1-3-6-16/h1-8,18,25H,9-15H2/t18-/m1/s1. The maximum Gasteiger partial charge on any atom is 0.163 e. The van der Waals surface area contributed by atoms with Crippen LogP contribution in [0.25, 0.3) is 0 Å². The van der Waals surface area contributed by atoms with E-state index in [-0.39, 0.29) is 12.6 Å². The fourth-order valence-corrected chi connectivity index (χ4v) is 3.46. The van der Waals surface area contributed by atoms with E-state index in [1.807, 2.05) is 18.2 Å². The third kappa shape index (κ3) is 4.63. The number of benzene rings is 2. The maximum atomic E-state index is 13.9. The van der Waals surface area contributed by atoms with Gasteiger partial charge in [0.15, 0.2) is 11.6 Å². The van der Waals surface area contributed by atoms with Crippen molar-refractivity contribution in [2.24, 2.45) is 0 Å². The Balaban J connectivity index is 1.65. The van der Waals surface area contributed by atoms with Crippen LogP contribution >= 0.6 is 0 Å². The van der Waals surface area contributed by atoms with Crippen LogP contribution in [0.15, 0.2) is 48.5 Å². The van der Waals surface area contributed by atoms with Crippen molar-refractivity contribution in [3.05, 3.63) is 71.3 Å². The minimum Gasteiger partial charge on any atom is -0.396 e. The molecule has 1 heterocycles. The second kappa shape index (κ2) is 8.52. The topological polar surface area (TPSA) is 26.7 Å². The smallest absolute Gasteiger partial charge is 0.163 e. The van der Waals surface area contributed by atoms with Gasteiger partial charge in [-0.05, 0) is 18.1 Å². The molecule has 0 bridgehead atoms. The number of piperazine rings is 1. The van der Waals surface area contributed by atoms with Gasteiger partial charge in [-0.3, -0.25) is 9.80 Å². The average molecular weight is 346 g/mol. The molecule has 0 unspecified atom stereocenters. The number of rotatable bonds is 6. The summed E-state index contributed by atoms with van der Waals surface area (Å²) in [6.07, 6.45) is 0.676. The van der Waals surface area contributed by atoms with E-state index in [9.17, 15) is 13.9 Å². The average Bonchev–Trinajstić information content (AvgIpc) is 2.62. The fourth-order valence-electron chi connectivity index (χ4n) is 3.46. The SMILES string of the molecule is OCC[C@@H]1CN(Cc2cccc(F)c2F)CCN1Cc1ccccc1. The Labute approximate surface area is 147 Å². The zero-order valence-corrected chi connectivity index (χ0v) is 14.2. The van der Waals surface area contributed by atoms with Crippen LogP contribution < -0.4 is 0 Å². The van der Waals surface area contributed by atoms with Gasteiger partial charge in [-0.1, -0.05) is 42.5 Å². The van der Waals surface area contributed by atoms with Gasteiger partial charge in [0.25, 0.3) is 0 Å². The molecule has 0 saturated carbocycles.